The van der Waals surface area contributed by atoms with E-state index in [2.05, 4.69) is 29.0 Å². The van der Waals surface area contributed by atoms with Gasteiger partial charge in [-0.25, -0.2) is 4.98 Å². The van der Waals surface area contributed by atoms with E-state index in [1.807, 2.05) is 24.3 Å². The van der Waals surface area contributed by atoms with Gasteiger partial charge in [-0.15, -0.1) is 0 Å². The molecule has 1 saturated heterocycles. The topological polar surface area (TPSA) is 111 Å². The summed E-state index contributed by atoms with van der Waals surface area (Å²) in [7, 11) is 1.79. The van der Waals surface area contributed by atoms with Crippen LogP contribution in [0.25, 0.3) is 5.57 Å². The van der Waals surface area contributed by atoms with Crippen molar-refractivity contribution in [1.29, 1.82) is 10.8 Å². The van der Waals surface area contributed by atoms with Crippen LogP contribution >= 0.6 is 0 Å². The summed E-state index contributed by atoms with van der Waals surface area (Å²) < 4.78 is 5.81. The van der Waals surface area contributed by atoms with E-state index < -0.39 is 0 Å². The maximum atomic E-state index is 8.75. The van der Waals surface area contributed by atoms with E-state index in [0.29, 0.717) is 22.5 Å². The van der Waals surface area contributed by atoms with Gasteiger partial charge in [0.2, 0.25) is 0 Å². The molecule has 0 bridgehead atoms. The zero-order valence-electron chi connectivity index (χ0n) is 17.1. The Morgan fingerprint density at radius 2 is 1.93 bits per heavy atom. The van der Waals surface area contributed by atoms with E-state index in [-0.39, 0.29) is 12.2 Å². The average molecular weight is 393 g/mol. The standard InChI is InChI=1S/C22H28N6O/c1-14-12-28(13-15(2)29-14)21-9-17(6-7-27-21)22(25)19-8-16(4-5-20(19)24)18(10-23)11-26-3/h4-11,14-15,23,25-26H,12-13,24H2,1-3H3/b18-11+,23-10?,25-22?/t14-,15+. The van der Waals surface area contributed by atoms with Gasteiger partial charge in [0.05, 0.1) is 17.9 Å². The molecule has 0 spiro atoms. The first-order chi connectivity index (χ1) is 13.9. The van der Waals surface area contributed by atoms with Crippen LogP contribution in [0.1, 0.15) is 30.5 Å². The van der Waals surface area contributed by atoms with Crippen molar-refractivity contribution in [1.82, 2.24) is 10.3 Å². The minimum atomic E-state index is 0.134. The normalized spacial score (nSPS) is 19.7. The summed E-state index contributed by atoms with van der Waals surface area (Å²) >= 11 is 0. The fourth-order valence-electron chi connectivity index (χ4n) is 3.58. The average Bonchev–Trinajstić information content (AvgIpc) is 2.71. The third kappa shape index (κ3) is 4.63. The fraction of sp³-hybridized carbons (Fsp3) is 0.318. The second-order valence-electron chi connectivity index (χ2n) is 7.27. The molecule has 1 fully saturated rings. The van der Waals surface area contributed by atoms with E-state index in [4.69, 9.17) is 21.3 Å². The largest absolute Gasteiger partial charge is 0.398 e. The van der Waals surface area contributed by atoms with Crippen LogP contribution < -0.4 is 16.0 Å². The Morgan fingerprint density at radius 1 is 1.21 bits per heavy atom. The molecular formula is C22H28N6O. The molecule has 0 unspecified atom stereocenters. The molecule has 0 aliphatic carbocycles. The highest BCUT2D eigenvalue weighted by Crippen LogP contribution is 2.24. The highest BCUT2D eigenvalue weighted by Gasteiger charge is 2.23. The third-order valence-electron chi connectivity index (χ3n) is 4.89. The molecule has 3 rings (SSSR count). The molecule has 7 nitrogen and oxygen atoms in total. The van der Waals surface area contributed by atoms with Gasteiger partial charge in [0.1, 0.15) is 5.82 Å². The van der Waals surface area contributed by atoms with Crippen LogP contribution in [0.3, 0.4) is 0 Å². The number of ether oxygens (including phenoxy) is 1. The monoisotopic (exact) mass is 392 g/mol. The molecule has 1 aromatic heterocycles. The highest BCUT2D eigenvalue weighted by atomic mass is 16.5. The van der Waals surface area contributed by atoms with Gasteiger partial charge < -0.3 is 26.1 Å². The van der Waals surface area contributed by atoms with Crippen LogP contribution in [0.5, 0.6) is 0 Å². The number of benzene rings is 1. The van der Waals surface area contributed by atoms with Crippen molar-refractivity contribution < 1.29 is 4.74 Å². The van der Waals surface area contributed by atoms with Crippen molar-refractivity contribution in [2.75, 3.05) is 30.8 Å². The quantitative estimate of drug-likeness (QED) is 0.446. The minimum Gasteiger partial charge on any atom is -0.398 e. The first-order valence-electron chi connectivity index (χ1n) is 9.66. The van der Waals surface area contributed by atoms with Crippen molar-refractivity contribution in [3.63, 3.8) is 0 Å². The molecule has 2 heterocycles. The second kappa shape index (κ2) is 8.87. The number of aromatic nitrogens is 1. The fourth-order valence-corrected chi connectivity index (χ4v) is 3.58. The number of morpholine rings is 1. The van der Waals surface area contributed by atoms with Crippen LogP contribution in [0.4, 0.5) is 11.5 Å². The first-order valence-corrected chi connectivity index (χ1v) is 9.66. The number of nitrogens with two attached hydrogens (primary N) is 1. The molecule has 152 valence electrons. The number of nitrogen functional groups attached to an aromatic ring is 1. The zero-order valence-corrected chi connectivity index (χ0v) is 17.1. The molecule has 5 N–H and O–H groups in total. The van der Waals surface area contributed by atoms with Crippen molar-refractivity contribution in [2.45, 2.75) is 26.1 Å². The Bertz CT molecular complexity index is 929. The smallest absolute Gasteiger partial charge is 0.129 e. The number of nitrogens with one attached hydrogen (secondary N) is 3. The van der Waals surface area contributed by atoms with Gasteiger partial charge in [-0.05, 0) is 43.7 Å². The Kier molecular flexibility index (Phi) is 6.29. The van der Waals surface area contributed by atoms with Gasteiger partial charge in [0.25, 0.3) is 0 Å². The van der Waals surface area contributed by atoms with Gasteiger partial charge in [-0.1, -0.05) is 6.07 Å². The Morgan fingerprint density at radius 3 is 2.59 bits per heavy atom. The Balaban J connectivity index is 1.93. The van der Waals surface area contributed by atoms with Crippen molar-refractivity contribution in [2.24, 2.45) is 0 Å². The highest BCUT2D eigenvalue weighted by molar-refractivity contribution is 6.15. The summed E-state index contributed by atoms with van der Waals surface area (Å²) in [5.74, 6) is 0.833. The second-order valence-corrected chi connectivity index (χ2v) is 7.27. The van der Waals surface area contributed by atoms with Gasteiger partial charge in [-0.3, -0.25) is 5.41 Å². The van der Waals surface area contributed by atoms with Crippen molar-refractivity contribution >= 4 is 29.0 Å². The number of hydrogen-bond acceptors (Lipinski definition) is 7. The van der Waals surface area contributed by atoms with E-state index in [1.54, 1.807) is 25.5 Å². The summed E-state index contributed by atoms with van der Waals surface area (Å²) in [6.45, 7) is 5.65. The SMILES string of the molecule is CN/C=C(\C=N)c1ccc(N)c(C(=N)c2ccnc(N3C[C@@H](C)O[C@@H](C)C3)c2)c1. The number of rotatable bonds is 6. The molecule has 7 heteroatoms. The summed E-state index contributed by atoms with van der Waals surface area (Å²) in [4.78, 5) is 6.70. The van der Waals surface area contributed by atoms with Crippen LogP contribution in [0, 0.1) is 10.8 Å². The molecule has 2 aromatic rings. The molecule has 0 radical (unpaired) electrons. The molecule has 1 aliphatic heterocycles. The summed E-state index contributed by atoms with van der Waals surface area (Å²) in [5, 5.41) is 19.3. The van der Waals surface area contributed by atoms with Crippen LogP contribution in [0.15, 0.2) is 42.7 Å². The van der Waals surface area contributed by atoms with Crippen LogP contribution in [-0.2, 0) is 4.74 Å². The predicted octanol–water partition coefficient (Wildman–Crippen LogP) is 2.90. The maximum absolute atomic E-state index is 8.75. The van der Waals surface area contributed by atoms with Crippen LogP contribution in [-0.4, -0.2) is 49.3 Å². The molecule has 29 heavy (non-hydrogen) atoms. The molecular weight excluding hydrogens is 364 g/mol. The lowest BCUT2D eigenvalue weighted by Gasteiger charge is -2.36. The number of pyridine rings is 1. The molecule has 1 aliphatic rings. The van der Waals surface area contributed by atoms with E-state index in [9.17, 15) is 0 Å². The number of allylic oxidation sites excluding steroid dienone is 1. The van der Waals surface area contributed by atoms with Gasteiger partial charge in [0.15, 0.2) is 0 Å². The van der Waals surface area contributed by atoms with Crippen LogP contribution in [0.2, 0.25) is 0 Å². The van der Waals surface area contributed by atoms with E-state index in [1.165, 1.54) is 6.21 Å². The summed E-state index contributed by atoms with van der Waals surface area (Å²) in [5.41, 5.74) is 9.97. The summed E-state index contributed by atoms with van der Waals surface area (Å²) in [6, 6.07) is 9.24. The Hall–Kier alpha value is -3.19. The van der Waals surface area contributed by atoms with Gasteiger partial charge >= 0.3 is 0 Å². The lowest BCUT2D eigenvalue weighted by Crippen LogP contribution is -2.45. The molecule has 0 saturated carbocycles. The van der Waals surface area contributed by atoms with Crippen molar-refractivity contribution in [3.05, 3.63) is 59.4 Å². The lowest BCUT2D eigenvalue weighted by atomic mass is 9.97. The van der Waals surface area contributed by atoms with E-state index >= 15 is 0 Å². The van der Waals surface area contributed by atoms with Crippen molar-refractivity contribution in [3.8, 4) is 0 Å². The van der Waals surface area contributed by atoms with E-state index in [0.717, 1.165) is 30.0 Å². The molecule has 1 aromatic carbocycles. The minimum absolute atomic E-state index is 0.134. The zero-order chi connectivity index (χ0) is 21.0. The number of nitrogens with zero attached hydrogens (tertiary/aromatic N) is 2. The molecule has 0 amide bonds. The predicted molar refractivity (Wildman–Crippen MR) is 119 cm³/mol. The lowest BCUT2D eigenvalue weighted by molar-refractivity contribution is -0.00545. The maximum Gasteiger partial charge on any atom is 0.129 e. The first kappa shape index (κ1) is 20.5. The van der Waals surface area contributed by atoms with Gasteiger partial charge in [0, 0.05) is 61.1 Å². The number of anilines is 2. The third-order valence-corrected chi connectivity index (χ3v) is 4.89. The summed E-state index contributed by atoms with van der Waals surface area (Å²) in [6.07, 6.45) is 5.02. The van der Waals surface area contributed by atoms with Gasteiger partial charge in [-0.2, -0.15) is 0 Å². The number of hydrogen-bond donors (Lipinski definition) is 4. The Labute approximate surface area is 171 Å². The molecule has 2 atom stereocenters.